The summed E-state index contributed by atoms with van der Waals surface area (Å²) in [4.78, 5) is 0. The molecule has 0 aromatic heterocycles. The summed E-state index contributed by atoms with van der Waals surface area (Å²) in [5, 5.41) is 0. The quantitative estimate of drug-likeness (QED) is 0.120. The summed E-state index contributed by atoms with van der Waals surface area (Å²) in [6, 6.07) is 33.2. The van der Waals surface area contributed by atoms with Gasteiger partial charge in [-0.25, -0.2) is 0 Å². The molecule has 0 radical (unpaired) electrons. The van der Waals surface area contributed by atoms with Crippen LogP contribution in [0.1, 0.15) is 108 Å². The molecule has 0 fully saturated rings. The molecule has 2 heteroatoms. The molecule has 0 amide bonds. The van der Waals surface area contributed by atoms with Crippen molar-refractivity contribution in [3.63, 3.8) is 0 Å². The van der Waals surface area contributed by atoms with E-state index in [1.165, 1.54) is 59.1 Å². The van der Waals surface area contributed by atoms with Crippen LogP contribution in [0, 0.1) is 11.8 Å². The molecule has 0 saturated carbocycles. The Morgan fingerprint density at radius 3 is 1.31 bits per heavy atom. The van der Waals surface area contributed by atoms with Gasteiger partial charge in [0.1, 0.15) is 0 Å². The van der Waals surface area contributed by atoms with Crippen LogP contribution in [0.15, 0.2) is 96.1 Å². The van der Waals surface area contributed by atoms with E-state index in [1.807, 2.05) is 0 Å². The summed E-state index contributed by atoms with van der Waals surface area (Å²) in [6.07, 6.45) is 12.5. The molecule has 0 aliphatic heterocycles. The van der Waals surface area contributed by atoms with E-state index in [1.54, 1.807) is 33.4 Å². The normalized spacial score (nSPS) is 17.9. The molecule has 0 heterocycles. The second-order valence-corrected chi connectivity index (χ2v) is 34.9. The zero-order valence-electron chi connectivity index (χ0n) is 30.9. The van der Waals surface area contributed by atoms with Crippen LogP contribution < -0.4 is 0 Å². The molecule has 0 nitrogen and oxygen atoms in total. The second-order valence-electron chi connectivity index (χ2n) is 14.9. The van der Waals surface area contributed by atoms with Crippen molar-refractivity contribution in [3.05, 3.63) is 129 Å². The topological polar surface area (TPSA) is 0 Å². The Kier molecular flexibility index (Phi) is 11.4. The van der Waals surface area contributed by atoms with Crippen molar-refractivity contribution >= 4 is 18.1 Å². The van der Waals surface area contributed by atoms with Crippen molar-refractivity contribution in [1.29, 1.82) is 0 Å². The van der Waals surface area contributed by atoms with Crippen LogP contribution in [0.3, 0.4) is 0 Å². The van der Waals surface area contributed by atoms with Crippen molar-refractivity contribution in [2.45, 2.75) is 100 Å². The number of benzene rings is 4. The van der Waals surface area contributed by atoms with Gasteiger partial charge in [0.15, 0.2) is 0 Å². The van der Waals surface area contributed by atoms with Crippen molar-refractivity contribution < 1.29 is 20.9 Å². The van der Waals surface area contributed by atoms with Gasteiger partial charge >= 0.3 is 303 Å². The van der Waals surface area contributed by atoms with Gasteiger partial charge in [0, 0.05) is 0 Å². The molecule has 0 spiro atoms. The van der Waals surface area contributed by atoms with Gasteiger partial charge in [-0.3, -0.25) is 0 Å². The number of allylic oxidation sites excluding steroid dienone is 2. The summed E-state index contributed by atoms with van der Waals surface area (Å²) in [6.45, 7) is 19.9. The van der Waals surface area contributed by atoms with Gasteiger partial charge in [0.05, 0.1) is 0 Å². The summed E-state index contributed by atoms with van der Waals surface area (Å²) >= 11 is -2.26. The van der Waals surface area contributed by atoms with E-state index < -0.39 is 26.8 Å². The molecule has 0 N–H and O–H groups in total. The first-order chi connectivity index (χ1) is 23.3. The Morgan fingerprint density at radius 2 is 0.938 bits per heavy atom. The molecular weight excluding hydrogens is 672 g/mol. The number of fused-ring (bicyclic) bond motifs is 2. The fourth-order valence-corrected chi connectivity index (χ4v) is 31.9. The first kappa shape index (κ1) is 35.3. The predicted octanol–water partition coefficient (Wildman–Crippen LogP) is 13.2. The standard InChI is InChI=1S/2C22H25.C2H7Si.Zr/c2*1-4-9-17-10-6-7-12-20(17)21-13-8-11-18-14-19(15-22(18)21)16(3)5-2;1-3-2;/h2*6-8,10-16H,4-5,9H2,1-3H3;3H,1-2H3;. The van der Waals surface area contributed by atoms with Crippen LogP contribution in [-0.4, -0.2) is 5.92 Å². The van der Waals surface area contributed by atoms with E-state index in [9.17, 15) is 0 Å². The van der Waals surface area contributed by atoms with Crippen LogP contribution in [0.25, 0.3) is 34.4 Å². The van der Waals surface area contributed by atoms with Crippen molar-refractivity contribution in [2.24, 2.45) is 11.8 Å². The van der Waals surface area contributed by atoms with Crippen LogP contribution in [0.5, 0.6) is 0 Å². The monoisotopic (exact) mass is 727 g/mol. The van der Waals surface area contributed by atoms with Gasteiger partial charge in [-0.05, 0) is 0 Å². The Balaban J connectivity index is 1.55. The van der Waals surface area contributed by atoms with Crippen LogP contribution in [0.4, 0.5) is 0 Å². The van der Waals surface area contributed by atoms with Crippen LogP contribution in [0.2, 0.25) is 13.1 Å². The molecule has 48 heavy (non-hydrogen) atoms. The van der Waals surface area contributed by atoms with Crippen molar-refractivity contribution in [2.75, 3.05) is 0 Å². The average Bonchev–Trinajstić information content (AvgIpc) is 3.68. The molecular formula is C46H57SiZr. The predicted molar refractivity (Wildman–Crippen MR) is 211 cm³/mol. The SMILES string of the molecule is CCCc1ccccc1-c1cccc2c1C=C(C(C)CC)[CH]2[Zr]([CH]1C(C(C)CC)=Cc2c(-c3ccccc3CCC)cccc21)[SiH](C)C. The van der Waals surface area contributed by atoms with E-state index in [-0.39, 0.29) is 0 Å². The number of rotatable bonds is 13. The second kappa shape index (κ2) is 15.6. The zero-order valence-corrected chi connectivity index (χ0v) is 34.5. The Labute approximate surface area is 301 Å². The Morgan fingerprint density at radius 1 is 0.542 bits per heavy atom. The summed E-state index contributed by atoms with van der Waals surface area (Å²) in [5.74, 6) is 0.213. The molecule has 0 saturated heterocycles. The summed E-state index contributed by atoms with van der Waals surface area (Å²) < 4.78 is 1.31. The minimum atomic E-state index is -2.26. The number of aryl methyl sites for hydroxylation is 2. The van der Waals surface area contributed by atoms with E-state index in [0.29, 0.717) is 19.1 Å². The average molecular weight is 729 g/mol. The zero-order chi connectivity index (χ0) is 33.9. The molecule has 249 valence electrons. The maximum absolute atomic E-state index is 2.73. The molecule has 4 aromatic carbocycles. The summed E-state index contributed by atoms with van der Waals surface area (Å²) in [7, 11) is 0. The van der Waals surface area contributed by atoms with Gasteiger partial charge in [0.25, 0.3) is 0 Å². The molecule has 4 unspecified atom stereocenters. The van der Waals surface area contributed by atoms with E-state index in [4.69, 9.17) is 0 Å². The third-order valence-corrected chi connectivity index (χ3v) is 33.1. The van der Waals surface area contributed by atoms with Crippen molar-refractivity contribution in [1.82, 2.24) is 0 Å². The molecule has 2 aliphatic rings. The van der Waals surface area contributed by atoms with E-state index in [0.717, 1.165) is 12.8 Å². The van der Waals surface area contributed by atoms with Crippen molar-refractivity contribution in [3.8, 4) is 22.3 Å². The van der Waals surface area contributed by atoms with Gasteiger partial charge in [-0.15, -0.1) is 0 Å². The fourth-order valence-electron chi connectivity index (χ4n) is 8.76. The van der Waals surface area contributed by atoms with Crippen LogP contribution >= 0.6 is 0 Å². The van der Waals surface area contributed by atoms with Gasteiger partial charge < -0.3 is 0 Å². The Hall–Kier alpha value is -2.54. The first-order valence-electron chi connectivity index (χ1n) is 19.1. The van der Waals surface area contributed by atoms with Crippen LogP contribution in [-0.2, 0) is 33.8 Å². The first-order valence-corrected chi connectivity index (χ1v) is 29.0. The summed E-state index contributed by atoms with van der Waals surface area (Å²) in [5.41, 5.74) is 18.8. The molecule has 6 rings (SSSR count). The third kappa shape index (κ3) is 6.54. The third-order valence-electron chi connectivity index (χ3n) is 11.5. The Bertz CT molecular complexity index is 1680. The van der Waals surface area contributed by atoms with Gasteiger partial charge in [-0.2, -0.15) is 0 Å². The number of hydrogen-bond acceptors (Lipinski definition) is 0. The molecule has 0 bridgehead atoms. The number of hydrogen-bond donors (Lipinski definition) is 0. The maximum atomic E-state index is 2.73. The molecule has 4 aromatic rings. The van der Waals surface area contributed by atoms with Gasteiger partial charge in [0.2, 0.25) is 0 Å². The minimum absolute atomic E-state index is 0.605. The van der Waals surface area contributed by atoms with E-state index >= 15 is 0 Å². The fraction of sp³-hybridized carbons (Fsp3) is 0.391. The molecule has 4 atom stereocenters. The van der Waals surface area contributed by atoms with Gasteiger partial charge in [-0.1, -0.05) is 0 Å². The molecule has 2 aliphatic carbocycles. The van der Waals surface area contributed by atoms with E-state index in [2.05, 4.69) is 152 Å².